The van der Waals surface area contributed by atoms with Crippen molar-refractivity contribution in [3.63, 3.8) is 0 Å². The van der Waals surface area contributed by atoms with Gasteiger partial charge in [0.05, 0.1) is 12.0 Å². The summed E-state index contributed by atoms with van der Waals surface area (Å²) in [5, 5.41) is 22.4. The molecule has 132 valence electrons. The quantitative estimate of drug-likeness (QED) is 0.510. The van der Waals surface area contributed by atoms with Gasteiger partial charge >= 0.3 is 0 Å². The van der Waals surface area contributed by atoms with Gasteiger partial charge in [-0.1, -0.05) is 11.8 Å². The summed E-state index contributed by atoms with van der Waals surface area (Å²) in [4.78, 5) is 13.1. The number of hydrogen-bond donors (Lipinski definition) is 1. The molecule has 0 aliphatic carbocycles. The number of carbonyl (C=O) groups is 1. The third-order valence-electron chi connectivity index (χ3n) is 3.54. The molecule has 1 aromatic carbocycles. The van der Waals surface area contributed by atoms with Crippen LogP contribution in [-0.2, 0) is 11.8 Å². The number of furan rings is 1. The molecule has 3 aromatic rings. The van der Waals surface area contributed by atoms with E-state index in [2.05, 4.69) is 15.5 Å². The minimum absolute atomic E-state index is 0.138. The zero-order valence-corrected chi connectivity index (χ0v) is 15.7. The summed E-state index contributed by atoms with van der Waals surface area (Å²) >= 11 is 2.39. The highest BCUT2D eigenvalue weighted by molar-refractivity contribution is 8.03. The number of nitrogens with zero attached hydrogens (tertiary/aromatic N) is 4. The van der Waals surface area contributed by atoms with Crippen molar-refractivity contribution in [2.45, 2.75) is 17.0 Å². The van der Waals surface area contributed by atoms with Gasteiger partial charge in [0.15, 0.2) is 16.7 Å². The van der Waals surface area contributed by atoms with Gasteiger partial charge < -0.3 is 14.3 Å². The van der Waals surface area contributed by atoms with Crippen LogP contribution in [0.5, 0.6) is 0 Å². The maximum atomic E-state index is 12.2. The number of nitriles is 1. The number of nitrogens with one attached hydrogen (secondary N) is 1. The minimum Gasteiger partial charge on any atom is -0.461 e. The van der Waals surface area contributed by atoms with Crippen molar-refractivity contribution in [3.05, 3.63) is 42.2 Å². The lowest BCUT2D eigenvalue weighted by Crippen LogP contribution is -2.15. The molecule has 0 saturated heterocycles. The van der Waals surface area contributed by atoms with Crippen LogP contribution < -0.4 is 5.32 Å². The second-order valence-electron chi connectivity index (χ2n) is 5.35. The molecular formula is C17H15N5O2S2. The summed E-state index contributed by atoms with van der Waals surface area (Å²) in [5.41, 5.74) is 1.63. The van der Waals surface area contributed by atoms with Crippen LogP contribution in [0.25, 0.3) is 11.6 Å². The second-order valence-corrected chi connectivity index (χ2v) is 7.15. The van der Waals surface area contributed by atoms with Gasteiger partial charge in [-0.05, 0) is 54.6 Å². The van der Waals surface area contributed by atoms with Crippen LogP contribution in [0.2, 0.25) is 0 Å². The molecule has 3 rings (SSSR count). The van der Waals surface area contributed by atoms with Crippen molar-refractivity contribution in [2.24, 2.45) is 7.05 Å². The van der Waals surface area contributed by atoms with Crippen molar-refractivity contribution in [3.8, 4) is 17.0 Å². The molecule has 7 nitrogen and oxygen atoms in total. The number of benzene rings is 1. The monoisotopic (exact) mass is 385 g/mol. The van der Waals surface area contributed by atoms with Crippen LogP contribution >= 0.6 is 23.5 Å². The van der Waals surface area contributed by atoms with Crippen LogP contribution in [0.3, 0.4) is 0 Å². The normalized spacial score (nSPS) is 10.5. The van der Waals surface area contributed by atoms with Crippen LogP contribution in [0, 0.1) is 17.6 Å². The molecule has 0 atom stereocenters. The molecule has 0 fully saturated rings. The number of rotatable bonds is 6. The first-order valence-corrected chi connectivity index (χ1v) is 9.41. The van der Waals surface area contributed by atoms with Gasteiger partial charge in [0.2, 0.25) is 5.91 Å². The van der Waals surface area contributed by atoms with Gasteiger partial charge in [0.25, 0.3) is 0 Å². The molecule has 0 unspecified atom stereocenters. The summed E-state index contributed by atoms with van der Waals surface area (Å²) in [6.07, 6.45) is 1.58. The lowest BCUT2D eigenvalue weighted by atomic mass is 10.2. The molecule has 0 bridgehead atoms. The fourth-order valence-electron chi connectivity index (χ4n) is 2.27. The maximum Gasteiger partial charge on any atom is 0.234 e. The molecule has 1 amide bonds. The summed E-state index contributed by atoms with van der Waals surface area (Å²) in [5.74, 6) is 1.31. The van der Waals surface area contributed by atoms with Crippen LogP contribution in [0.1, 0.15) is 5.56 Å². The van der Waals surface area contributed by atoms with Crippen LogP contribution in [0.4, 0.5) is 5.69 Å². The predicted octanol–water partition coefficient (Wildman–Crippen LogP) is 3.69. The van der Waals surface area contributed by atoms with Gasteiger partial charge in [-0.3, -0.25) is 4.79 Å². The molecule has 26 heavy (non-hydrogen) atoms. The molecule has 2 heterocycles. The van der Waals surface area contributed by atoms with Gasteiger partial charge in [-0.15, -0.1) is 10.2 Å². The Hall–Kier alpha value is -2.70. The number of thioether (sulfide) groups is 2. The fraction of sp³-hybridized carbons (Fsp3) is 0.176. The third-order valence-corrected chi connectivity index (χ3v) is 5.15. The Bertz CT molecular complexity index is 960. The zero-order valence-electron chi connectivity index (χ0n) is 14.1. The van der Waals surface area contributed by atoms with Gasteiger partial charge in [-0.25, -0.2) is 0 Å². The molecule has 0 saturated carbocycles. The maximum absolute atomic E-state index is 12.2. The lowest BCUT2D eigenvalue weighted by Gasteiger charge is -2.09. The molecule has 1 N–H and O–H groups in total. The largest absolute Gasteiger partial charge is 0.461 e. The fourth-order valence-corrected chi connectivity index (χ4v) is 3.46. The van der Waals surface area contributed by atoms with E-state index < -0.39 is 0 Å². The van der Waals surface area contributed by atoms with Crippen LogP contribution in [0.15, 0.2) is 51.1 Å². The van der Waals surface area contributed by atoms with Crippen molar-refractivity contribution >= 4 is 35.1 Å². The van der Waals surface area contributed by atoms with Crippen molar-refractivity contribution < 1.29 is 9.21 Å². The molecule has 2 aromatic heterocycles. The average molecular weight is 385 g/mol. The summed E-state index contributed by atoms with van der Waals surface area (Å²) in [6.45, 7) is 1.89. The number of aromatic nitrogens is 3. The zero-order chi connectivity index (χ0) is 18.5. The Labute approximate surface area is 158 Å². The highest BCUT2D eigenvalue weighted by Crippen LogP contribution is 2.25. The van der Waals surface area contributed by atoms with Gasteiger partial charge in [0, 0.05) is 17.6 Å². The lowest BCUT2D eigenvalue weighted by molar-refractivity contribution is -0.113. The predicted molar refractivity (Wildman–Crippen MR) is 101 cm³/mol. The van der Waals surface area contributed by atoms with E-state index in [4.69, 9.17) is 9.68 Å². The van der Waals surface area contributed by atoms with E-state index in [1.54, 1.807) is 23.0 Å². The molecule has 0 aliphatic rings. The number of aryl methyl sites for hydroxylation is 1. The summed E-state index contributed by atoms with van der Waals surface area (Å²) in [6, 6.07) is 9.07. The first kappa shape index (κ1) is 18.1. The van der Waals surface area contributed by atoms with E-state index >= 15 is 0 Å². The number of thiocyanates is 1. The molecule has 0 aliphatic heterocycles. The minimum atomic E-state index is -0.138. The SMILES string of the molecule is Cc1cc(SC#N)ccc1NC(=O)CSc1nnc(-c2ccco2)n1C. The smallest absolute Gasteiger partial charge is 0.234 e. The van der Waals surface area contributed by atoms with Crippen molar-refractivity contribution in [1.29, 1.82) is 5.26 Å². The number of hydrogen-bond acceptors (Lipinski definition) is 7. The highest BCUT2D eigenvalue weighted by atomic mass is 32.2. The van der Waals surface area contributed by atoms with E-state index in [0.717, 1.165) is 27.9 Å². The number of carbonyl (C=O) groups excluding carboxylic acids is 1. The van der Waals surface area contributed by atoms with Gasteiger partial charge in [0.1, 0.15) is 5.40 Å². The third kappa shape index (κ3) is 4.09. The first-order chi connectivity index (χ1) is 12.6. The molecule has 9 heteroatoms. The Morgan fingerprint density at radius 3 is 2.92 bits per heavy atom. The molecule has 0 spiro atoms. The molecule has 0 radical (unpaired) electrons. The summed E-state index contributed by atoms with van der Waals surface area (Å²) < 4.78 is 7.11. The second kappa shape index (κ2) is 8.12. The summed E-state index contributed by atoms with van der Waals surface area (Å²) in [7, 11) is 1.83. The Balaban J connectivity index is 1.61. The number of anilines is 1. The topological polar surface area (TPSA) is 96.7 Å². The Morgan fingerprint density at radius 2 is 2.23 bits per heavy atom. The number of amides is 1. The highest BCUT2D eigenvalue weighted by Gasteiger charge is 2.15. The molecular weight excluding hydrogens is 370 g/mol. The van der Waals surface area contributed by atoms with E-state index in [9.17, 15) is 4.79 Å². The van der Waals surface area contributed by atoms with E-state index in [1.807, 2.05) is 37.6 Å². The van der Waals surface area contributed by atoms with E-state index in [-0.39, 0.29) is 11.7 Å². The first-order valence-electron chi connectivity index (χ1n) is 7.61. The standard InChI is InChI=1S/C17H15N5O2S2/c1-11-8-12(26-10-18)5-6-13(11)19-15(23)9-25-17-21-20-16(22(17)2)14-4-3-7-24-14/h3-8H,9H2,1-2H3,(H,19,23). The average Bonchev–Trinajstić information content (AvgIpc) is 3.25. The van der Waals surface area contributed by atoms with Crippen LogP contribution in [-0.4, -0.2) is 26.4 Å². The van der Waals surface area contributed by atoms with Gasteiger partial charge in [-0.2, -0.15) is 5.26 Å². The van der Waals surface area contributed by atoms with E-state index in [1.165, 1.54) is 11.8 Å². The Kier molecular flexibility index (Phi) is 5.65. The van der Waals surface area contributed by atoms with E-state index in [0.29, 0.717) is 16.7 Å². The van der Waals surface area contributed by atoms with Crippen molar-refractivity contribution in [1.82, 2.24) is 14.8 Å². The van der Waals surface area contributed by atoms with Crippen molar-refractivity contribution in [2.75, 3.05) is 11.1 Å². The Morgan fingerprint density at radius 1 is 1.38 bits per heavy atom.